The zero-order valence-corrected chi connectivity index (χ0v) is 21.2. The van der Waals surface area contributed by atoms with E-state index in [2.05, 4.69) is 75.8 Å². The highest BCUT2D eigenvalue weighted by atomic mass is 16.1. The summed E-state index contributed by atoms with van der Waals surface area (Å²) < 4.78 is 2.07. The van der Waals surface area contributed by atoms with Gasteiger partial charge in [-0.05, 0) is 76.4 Å². The molecule has 2 heterocycles. The number of carbonyl (C=O) groups excluding carboxylic acids is 1. The lowest BCUT2D eigenvalue weighted by molar-refractivity contribution is 0.0946. The first-order chi connectivity index (χ1) is 16.4. The Morgan fingerprint density at radius 2 is 1.56 bits per heavy atom. The van der Waals surface area contributed by atoms with Crippen LogP contribution >= 0.6 is 0 Å². The van der Waals surface area contributed by atoms with Crippen LogP contribution in [0.3, 0.4) is 0 Å². The number of piperazine rings is 1. The summed E-state index contributed by atoms with van der Waals surface area (Å²) in [6.45, 7) is 16.3. The molecule has 1 amide bonds. The average molecular weight is 460 g/mol. The van der Waals surface area contributed by atoms with Gasteiger partial charge in [-0.3, -0.25) is 9.69 Å². The van der Waals surface area contributed by atoms with Crippen molar-refractivity contribution in [1.82, 2.24) is 19.8 Å². The van der Waals surface area contributed by atoms with Crippen molar-refractivity contribution in [2.45, 2.75) is 41.0 Å². The van der Waals surface area contributed by atoms with Gasteiger partial charge in [0.25, 0.3) is 5.91 Å². The van der Waals surface area contributed by atoms with Crippen molar-refractivity contribution in [3.8, 4) is 5.69 Å². The van der Waals surface area contributed by atoms with Crippen LogP contribution in [0.15, 0.2) is 42.5 Å². The fourth-order valence-electron chi connectivity index (χ4n) is 4.90. The van der Waals surface area contributed by atoms with Gasteiger partial charge in [0.05, 0.1) is 5.69 Å². The predicted molar refractivity (Wildman–Crippen MR) is 139 cm³/mol. The number of hydrogen-bond acceptors (Lipinski definition) is 4. The molecule has 1 aromatic heterocycles. The number of aryl methyl sites for hydroxylation is 3. The monoisotopic (exact) mass is 459 g/mol. The maximum Gasteiger partial charge on any atom is 0.271 e. The third-order valence-electron chi connectivity index (χ3n) is 7.07. The number of rotatable bonds is 7. The Morgan fingerprint density at radius 1 is 0.882 bits per heavy atom. The average Bonchev–Trinajstić information content (AvgIpc) is 3.13. The van der Waals surface area contributed by atoms with Gasteiger partial charge in [-0.25, -0.2) is 4.98 Å². The molecule has 0 radical (unpaired) electrons. The van der Waals surface area contributed by atoms with E-state index in [1.165, 1.54) is 16.8 Å². The van der Waals surface area contributed by atoms with Crippen molar-refractivity contribution in [3.63, 3.8) is 0 Å². The van der Waals surface area contributed by atoms with Crippen molar-refractivity contribution < 1.29 is 4.79 Å². The van der Waals surface area contributed by atoms with Gasteiger partial charge in [0.2, 0.25) is 0 Å². The number of aromatic nitrogens is 2. The van der Waals surface area contributed by atoms with Crippen LogP contribution in [0.25, 0.3) is 5.69 Å². The highest BCUT2D eigenvalue weighted by Gasteiger charge is 2.20. The number of carbonyl (C=O) groups is 1. The van der Waals surface area contributed by atoms with E-state index >= 15 is 0 Å². The van der Waals surface area contributed by atoms with Gasteiger partial charge in [0.1, 0.15) is 11.5 Å². The summed E-state index contributed by atoms with van der Waals surface area (Å²) in [5, 5.41) is 3.08. The molecule has 0 aliphatic carbocycles. The van der Waals surface area contributed by atoms with Crippen molar-refractivity contribution >= 4 is 11.6 Å². The minimum atomic E-state index is -0.0901. The highest BCUT2D eigenvalue weighted by molar-refractivity contribution is 5.93. The maximum atomic E-state index is 12.9. The third kappa shape index (κ3) is 5.02. The van der Waals surface area contributed by atoms with Crippen LogP contribution in [-0.2, 0) is 0 Å². The smallest absolute Gasteiger partial charge is 0.271 e. The second-order valence-electron chi connectivity index (χ2n) is 9.37. The van der Waals surface area contributed by atoms with Gasteiger partial charge >= 0.3 is 0 Å². The Hall–Kier alpha value is -3.12. The van der Waals surface area contributed by atoms with Crippen molar-refractivity contribution in [3.05, 3.63) is 76.4 Å². The number of imidazole rings is 1. The summed E-state index contributed by atoms with van der Waals surface area (Å²) in [5.74, 6) is 0.742. The summed E-state index contributed by atoms with van der Waals surface area (Å²) >= 11 is 0. The Kier molecular flexibility index (Phi) is 7.37. The molecule has 0 unspecified atom stereocenters. The highest BCUT2D eigenvalue weighted by Crippen LogP contribution is 2.24. The number of benzene rings is 2. The Bertz CT molecular complexity index is 1160. The minimum Gasteiger partial charge on any atom is -0.369 e. The number of nitrogens with one attached hydrogen (secondary N) is 1. The number of para-hydroxylation sites is 1. The topological polar surface area (TPSA) is 53.4 Å². The van der Waals surface area contributed by atoms with Crippen molar-refractivity contribution in [2.24, 2.45) is 0 Å². The van der Waals surface area contributed by atoms with Gasteiger partial charge in [0, 0.05) is 44.1 Å². The van der Waals surface area contributed by atoms with Crippen LogP contribution in [0.2, 0.25) is 0 Å². The Labute approximate surface area is 203 Å². The summed E-state index contributed by atoms with van der Waals surface area (Å²) in [5.41, 5.74) is 7.73. The Morgan fingerprint density at radius 3 is 2.29 bits per heavy atom. The molecule has 0 saturated carbocycles. The van der Waals surface area contributed by atoms with Crippen LogP contribution in [-0.4, -0.2) is 59.6 Å². The molecule has 2 aromatic carbocycles. The second kappa shape index (κ2) is 10.4. The predicted octanol–water partition coefficient (Wildman–Crippen LogP) is 4.36. The van der Waals surface area contributed by atoms with Crippen molar-refractivity contribution in [2.75, 3.05) is 44.2 Å². The lowest BCUT2D eigenvalue weighted by atomic mass is 10.1. The zero-order valence-electron chi connectivity index (χ0n) is 21.2. The number of amides is 1. The molecule has 4 rings (SSSR count). The quantitative estimate of drug-likeness (QED) is 0.534. The molecule has 1 aliphatic rings. The van der Waals surface area contributed by atoms with E-state index in [0.717, 1.165) is 61.9 Å². The molecule has 0 spiro atoms. The molecule has 3 aromatic rings. The number of hydrogen-bond donors (Lipinski definition) is 1. The van der Waals surface area contributed by atoms with Gasteiger partial charge in [-0.15, -0.1) is 0 Å². The molecule has 34 heavy (non-hydrogen) atoms. The van der Waals surface area contributed by atoms with Crippen LogP contribution in [0.4, 0.5) is 5.69 Å². The van der Waals surface area contributed by atoms with Gasteiger partial charge < -0.3 is 14.8 Å². The molecule has 0 bridgehead atoms. The van der Waals surface area contributed by atoms with Crippen LogP contribution in [0.1, 0.15) is 45.1 Å². The molecule has 0 atom stereocenters. The molecule has 6 heteroatoms. The molecular formula is C28H37N5O. The standard InChI is InChI=1S/C28H37N5O/c1-20-11-8-13-26(22(20)3)32-18-16-31(17-19-32)15-9-14-29-28(34)27-23(4)33(24(5)30-27)25-12-7-6-10-21(25)2/h6-8,10-13H,9,14-19H2,1-5H3,(H,29,34). The van der Waals surface area contributed by atoms with E-state index in [-0.39, 0.29) is 5.91 Å². The summed E-state index contributed by atoms with van der Waals surface area (Å²) in [6, 6.07) is 14.8. The van der Waals surface area contributed by atoms with Crippen LogP contribution in [0.5, 0.6) is 0 Å². The van der Waals surface area contributed by atoms with E-state index in [0.29, 0.717) is 12.2 Å². The summed E-state index contributed by atoms with van der Waals surface area (Å²) in [4.78, 5) is 22.4. The van der Waals surface area contributed by atoms with E-state index in [1.807, 2.05) is 26.0 Å². The van der Waals surface area contributed by atoms with Crippen molar-refractivity contribution in [1.29, 1.82) is 0 Å². The molecule has 6 nitrogen and oxygen atoms in total. The largest absolute Gasteiger partial charge is 0.369 e. The van der Waals surface area contributed by atoms with Gasteiger partial charge in [0.15, 0.2) is 0 Å². The first-order valence-electron chi connectivity index (χ1n) is 12.3. The lowest BCUT2D eigenvalue weighted by Gasteiger charge is -2.37. The van der Waals surface area contributed by atoms with Crippen LogP contribution in [0, 0.1) is 34.6 Å². The lowest BCUT2D eigenvalue weighted by Crippen LogP contribution is -2.47. The number of anilines is 1. The molecule has 1 fully saturated rings. The minimum absolute atomic E-state index is 0.0901. The van der Waals surface area contributed by atoms with Gasteiger partial charge in [-0.1, -0.05) is 30.3 Å². The first kappa shape index (κ1) is 24.0. The molecule has 1 N–H and O–H groups in total. The summed E-state index contributed by atoms with van der Waals surface area (Å²) in [6.07, 6.45) is 0.936. The molecule has 1 saturated heterocycles. The Balaban J connectivity index is 1.26. The second-order valence-corrected chi connectivity index (χ2v) is 9.37. The fourth-order valence-corrected chi connectivity index (χ4v) is 4.90. The third-order valence-corrected chi connectivity index (χ3v) is 7.07. The van der Waals surface area contributed by atoms with Crippen LogP contribution < -0.4 is 10.2 Å². The summed E-state index contributed by atoms with van der Waals surface area (Å²) in [7, 11) is 0. The van der Waals surface area contributed by atoms with E-state index < -0.39 is 0 Å². The fraction of sp³-hybridized carbons (Fsp3) is 0.429. The van der Waals surface area contributed by atoms with Gasteiger partial charge in [-0.2, -0.15) is 0 Å². The maximum absolute atomic E-state index is 12.9. The zero-order chi connectivity index (χ0) is 24.2. The molecule has 1 aliphatic heterocycles. The van der Waals surface area contributed by atoms with E-state index in [1.54, 1.807) is 0 Å². The first-order valence-corrected chi connectivity index (χ1v) is 12.3. The SMILES string of the molecule is Cc1ccccc1-n1c(C)nc(C(=O)NCCCN2CCN(c3cccc(C)c3C)CC2)c1C. The molecule has 180 valence electrons. The molecular weight excluding hydrogens is 422 g/mol. The van der Waals surface area contributed by atoms with E-state index in [9.17, 15) is 4.79 Å². The number of nitrogens with zero attached hydrogens (tertiary/aromatic N) is 4. The normalized spacial score (nSPS) is 14.4. The van der Waals surface area contributed by atoms with E-state index in [4.69, 9.17) is 0 Å².